The number of nitrogens with one attached hydrogen (secondary N) is 1. The third kappa shape index (κ3) is 3.15. The molecule has 0 bridgehead atoms. The van der Waals surface area contributed by atoms with E-state index in [2.05, 4.69) is 15.4 Å². The van der Waals surface area contributed by atoms with E-state index in [1.165, 1.54) is 17.3 Å². The number of amides is 1. The highest BCUT2D eigenvalue weighted by atomic mass is 35.5. The van der Waals surface area contributed by atoms with Crippen molar-refractivity contribution in [3.63, 3.8) is 0 Å². The Bertz CT molecular complexity index is 742. The first kappa shape index (κ1) is 14.3. The van der Waals surface area contributed by atoms with Crippen molar-refractivity contribution in [1.82, 2.24) is 14.8 Å². The molecule has 2 aromatic carbocycles. The Hall–Kier alpha value is -2.66. The van der Waals surface area contributed by atoms with Crippen molar-refractivity contribution in [1.29, 1.82) is 0 Å². The molecule has 0 fully saturated rings. The second kappa shape index (κ2) is 6.41. The largest absolute Gasteiger partial charge is 0.324 e. The van der Waals surface area contributed by atoms with Gasteiger partial charge in [0.25, 0.3) is 5.91 Å². The molecule has 110 valence electrons. The van der Waals surface area contributed by atoms with Crippen molar-refractivity contribution in [2.75, 3.05) is 5.32 Å². The lowest BCUT2D eigenvalue weighted by Gasteiger charge is -2.17. The molecule has 0 saturated carbocycles. The number of nitrogens with zero attached hydrogens (tertiary/aromatic N) is 3. The van der Waals surface area contributed by atoms with E-state index in [4.69, 9.17) is 11.6 Å². The maximum atomic E-state index is 12.7. The number of anilines is 1. The van der Waals surface area contributed by atoms with E-state index in [0.29, 0.717) is 10.7 Å². The van der Waals surface area contributed by atoms with Crippen molar-refractivity contribution in [3.05, 3.63) is 77.8 Å². The number of aromatic nitrogens is 3. The van der Waals surface area contributed by atoms with E-state index in [0.717, 1.165) is 5.56 Å². The van der Waals surface area contributed by atoms with Gasteiger partial charge in [0.05, 0.1) is 0 Å². The Morgan fingerprint density at radius 3 is 2.45 bits per heavy atom. The molecule has 22 heavy (non-hydrogen) atoms. The van der Waals surface area contributed by atoms with E-state index in [-0.39, 0.29) is 5.91 Å². The summed E-state index contributed by atoms with van der Waals surface area (Å²) in [5.41, 5.74) is 1.51. The molecule has 1 amide bonds. The van der Waals surface area contributed by atoms with Crippen LogP contribution in [-0.2, 0) is 4.79 Å². The monoisotopic (exact) mass is 312 g/mol. The highest BCUT2D eigenvalue weighted by molar-refractivity contribution is 6.30. The molecule has 1 atom stereocenters. The predicted octanol–water partition coefficient (Wildman–Crippen LogP) is 3.16. The summed E-state index contributed by atoms with van der Waals surface area (Å²) in [5.74, 6) is -0.195. The minimum Gasteiger partial charge on any atom is -0.324 e. The van der Waals surface area contributed by atoms with Gasteiger partial charge in [0.1, 0.15) is 12.7 Å². The molecule has 0 radical (unpaired) electrons. The quantitative estimate of drug-likeness (QED) is 0.805. The zero-order valence-electron chi connectivity index (χ0n) is 11.6. The molecule has 1 heterocycles. The van der Waals surface area contributed by atoms with E-state index in [1.807, 2.05) is 30.3 Å². The van der Waals surface area contributed by atoms with E-state index in [1.54, 1.807) is 24.3 Å². The third-order valence-corrected chi connectivity index (χ3v) is 3.43. The number of hydrogen-bond acceptors (Lipinski definition) is 3. The number of carbonyl (C=O) groups excluding carboxylic acids is 1. The van der Waals surface area contributed by atoms with Gasteiger partial charge in [-0.05, 0) is 29.8 Å². The van der Waals surface area contributed by atoms with Gasteiger partial charge < -0.3 is 5.32 Å². The smallest absolute Gasteiger partial charge is 0.253 e. The molecule has 3 rings (SSSR count). The zero-order valence-corrected chi connectivity index (χ0v) is 12.3. The van der Waals surface area contributed by atoms with Gasteiger partial charge >= 0.3 is 0 Å². The van der Waals surface area contributed by atoms with Gasteiger partial charge in [-0.2, -0.15) is 5.10 Å². The first-order valence-electron chi connectivity index (χ1n) is 6.69. The zero-order chi connectivity index (χ0) is 15.4. The SMILES string of the molecule is O=C(Nc1ccc(Cl)cc1)[C@@H](c1ccccc1)n1cncn1. The topological polar surface area (TPSA) is 59.8 Å². The number of carbonyl (C=O) groups is 1. The van der Waals surface area contributed by atoms with Gasteiger partial charge in [0.2, 0.25) is 0 Å². The molecule has 6 heteroatoms. The van der Waals surface area contributed by atoms with Crippen molar-refractivity contribution >= 4 is 23.2 Å². The molecule has 0 saturated heterocycles. The van der Waals surface area contributed by atoms with Crippen LogP contribution in [0.2, 0.25) is 5.02 Å². The van der Waals surface area contributed by atoms with Gasteiger partial charge in [0.15, 0.2) is 6.04 Å². The molecule has 0 aliphatic rings. The first-order valence-corrected chi connectivity index (χ1v) is 7.07. The van der Waals surface area contributed by atoms with Crippen LogP contribution in [0.1, 0.15) is 11.6 Å². The molecule has 1 aromatic heterocycles. The van der Waals surface area contributed by atoms with Gasteiger partial charge in [-0.3, -0.25) is 4.79 Å². The van der Waals surface area contributed by atoms with Crippen LogP contribution in [0, 0.1) is 0 Å². The van der Waals surface area contributed by atoms with Crippen LogP contribution >= 0.6 is 11.6 Å². The molecule has 0 unspecified atom stereocenters. The number of hydrogen-bond donors (Lipinski definition) is 1. The Morgan fingerprint density at radius 2 is 1.82 bits per heavy atom. The fraction of sp³-hybridized carbons (Fsp3) is 0.0625. The van der Waals surface area contributed by atoms with Crippen molar-refractivity contribution < 1.29 is 4.79 Å². The van der Waals surface area contributed by atoms with E-state index >= 15 is 0 Å². The summed E-state index contributed by atoms with van der Waals surface area (Å²) in [7, 11) is 0. The van der Waals surface area contributed by atoms with Crippen LogP contribution in [0.25, 0.3) is 0 Å². The highest BCUT2D eigenvalue weighted by Gasteiger charge is 2.23. The summed E-state index contributed by atoms with van der Waals surface area (Å²) in [5, 5.41) is 7.58. The molecular weight excluding hydrogens is 300 g/mol. The first-order chi connectivity index (χ1) is 10.7. The lowest BCUT2D eigenvalue weighted by Crippen LogP contribution is -2.27. The van der Waals surface area contributed by atoms with Crippen molar-refractivity contribution in [2.45, 2.75) is 6.04 Å². The number of benzene rings is 2. The summed E-state index contributed by atoms with van der Waals surface area (Å²) in [6, 6.07) is 15.8. The molecule has 0 aliphatic carbocycles. The summed E-state index contributed by atoms with van der Waals surface area (Å²) in [4.78, 5) is 16.6. The van der Waals surface area contributed by atoms with Crippen LogP contribution < -0.4 is 5.32 Å². The molecule has 5 nitrogen and oxygen atoms in total. The summed E-state index contributed by atoms with van der Waals surface area (Å²) in [6.45, 7) is 0. The van der Waals surface area contributed by atoms with Crippen LogP contribution in [0.15, 0.2) is 67.3 Å². The van der Waals surface area contributed by atoms with Crippen LogP contribution in [-0.4, -0.2) is 20.7 Å². The maximum Gasteiger partial charge on any atom is 0.253 e. The molecule has 3 aromatic rings. The highest BCUT2D eigenvalue weighted by Crippen LogP contribution is 2.20. The van der Waals surface area contributed by atoms with Gasteiger partial charge in [0, 0.05) is 10.7 Å². The summed E-state index contributed by atoms with van der Waals surface area (Å²) < 4.78 is 1.53. The number of rotatable bonds is 4. The van der Waals surface area contributed by atoms with Crippen LogP contribution in [0.3, 0.4) is 0 Å². The fourth-order valence-corrected chi connectivity index (χ4v) is 2.28. The Morgan fingerprint density at radius 1 is 1.09 bits per heavy atom. The molecule has 0 spiro atoms. The number of halogens is 1. The minimum absolute atomic E-state index is 0.195. The molecule has 0 aliphatic heterocycles. The standard InChI is InChI=1S/C16H13ClN4O/c17-13-6-8-14(9-7-13)20-16(22)15(21-11-18-10-19-21)12-4-2-1-3-5-12/h1-11,15H,(H,20,22)/t15-/m1/s1. The van der Waals surface area contributed by atoms with Crippen molar-refractivity contribution in [2.24, 2.45) is 0 Å². The summed E-state index contributed by atoms with van der Waals surface area (Å²) in [6.07, 6.45) is 2.94. The second-order valence-electron chi connectivity index (χ2n) is 4.68. The Labute approximate surface area is 132 Å². The lowest BCUT2D eigenvalue weighted by molar-refractivity contribution is -0.118. The van der Waals surface area contributed by atoms with Crippen LogP contribution in [0.5, 0.6) is 0 Å². The minimum atomic E-state index is -0.584. The fourth-order valence-electron chi connectivity index (χ4n) is 2.15. The van der Waals surface area contributed by atoms with Gasteiger partial charge in [-0.1, -0.05) is 41.9 Å². The molecular formula is C16H13ClN4O. The average molecular weight is 313 g/mol. The van der Waals surface area contributed by atoms with Crippen molar-refractivity contribution in [3.8, 4) is 0 Å². The van der Waals surface area contributed by atoms with Gasteiger partial charge in [-0.15, -0.1) is 0 Å². The third-order valence-electron chi connectivity index (χ3n) is 3.18. The van der Waals surface area contributed by atoms with E-state index < -0.39 is 6.04 Å². The normalized spacial score (nSPS) is 11.9. The van der Waals surface area contributed by atoms with Gasteiger partial charge in [-0.25, -0.2) is 9.67 Å². The molecule has 1 N–H and O–H groups in total. The van der Waals surface area contributed by atoms with E-state index in [9.17, 15) is 4.79 Å². The predicted molar refractivity (Wildman–Crippen MR) is 84.7 cm³/mol. The second-order valence-corrected chi connectivity index (χ2v) is 5.12. The Balaban J connectivity index is 1.89. The Kier molecular flexibility index (Phi) is 4.16. The average Bonchev–Trinajstić information content (AvgIpc) is 3.05. The maximum absolute atomic E-state index is 12.7. The summed E-state index contributed by atoms with van der Waals surface area (Å²) >= 11 is 5.85. The van der Waals surface area contributed by atoms with Crippen LogP contribution in [0.4, 0.5) is 5.69 Å². The lowest BCUT2D eigenvalue weighted by atomic mass is 10.1.